The number of H-pyrrole nitrogens is 1. The van der Waals surface area contributed by atoms with Crippen molar-refractivity contribution < 1.29 is 24.7 Å². The molecule has 36 heavy (non-hydrogen) atoms. The summed E-state index contributed by atoms with van der Waals surface area (Å²) < 4.78 is 1.17. The van der Waals surface area contributed by atoms with E-state index in [1.807, 2.05) is 0 Å². The summed E-state index contributed by atoms with van der Waals surface area (Å²) in [5.74, 6) is -2.54. The van der Waals surface area contributed by atoms with Gasteiger partial charge in [-0.15, -0.1) is 28.2 Å². The topological polar surface area (TPSA) is 226 Å². The van der Waals surface area contributed by atoms with Crippen LogP contribution in [0.5, 0.6) is 0 Å². The number of fused-ring (bicyclic) bond motifs is 1. The predicted molar refractivity (Wildman–Crippen MR) is 130 cm³/mol. The van der Waals surface area contributed by atoms with E-state index in [9.17, 15) is 34.3 Å². The fraction of sp³-hybridized carbons (Fsp3) is 0.333. The second-order valence-electron chi connectivity index (χ2n) is 7.31. The number of hydrogen-bond acceptors (Lipinski definition) is 13. The molecule has 0 spiro atoms. The summed E-state index contributed by atoms with van der Waals surface area (Å²) in [7, 11) is 0. The molecule has 18 heteroatoms. The van der Waals surface area contributed by atoms with Gasteiger partial charge in [-0.05, 0) is 12.5 Å². The Bertz CT molecular complexity index is 1430. The molecule has 0 aromatic carbocycles. The van der Waals surface area contributed by atoms with Crippen LogP contribution in [0.2, 0.25) is 0 Å². The van der Waals surface area contributed by atoms with Gasteiger partial charge in [0.1, 0.15) is 22.8 Å². The number of carboxylic acid groups (broad SMARTS) is 1. The first-order valence-corrected chi connectivity index (χ1v) is 13.1. The number of nitrogens with one attached hydrogen (secondary N) is 2. The number of carbonyl (C=O) groups excluding carboxylic acids is 2. The van der Waals surface area contributed by atoms with Gasteiger partial charge in [0.2, 0.25) is 0 Å². The minimum absolute atomic E-state index is 0.0317. The van der Waals surface area contributed by atoms with Crippen LogP contribution in [0.4, 0.5) is 5.13 Å². The van der Waals surface area contributed by atoms with Crippen molar-refractivity contribution in [3.63, 3.8) is 0 Å². The molecule has 0 aliphatic carbocycles. The Hall–Kier alpha value is -3.64. The van der Waals surface area contributed by atoms with Gasteiger partial charge < -0.3 is 21.4 Å². The number of nitrogens with zero attached hydrogens (tertiary/aromatic N) is 5. The van der Waals surface area contributed by atoms with E-state index in [0.29, 0.717) is 5.57 Å². The third-order valence-corrected chi connectivity index (χ3v) is 8.31. The van der Waals surface area contributed by atoms with Gasteiger partial charge in [0.15, 0.2) is 16.0 Å². The number of thioether (sulfide) groups is 2. The Morgan fingerprint density at radius 2 is 2.14 bits per heavy atom. The highest BCUT2D eigenvalue weighted by Crippen LogP contribution is 2.41. The SMILES string of the molecule is CCn1c(SCC2=C(C(=O)O)N3C(=O)[C@@H](NC(=O)C(=NO)c4csc(N)n4)[C@@H]3SC2)n[nH]c(=O)c1=O. The lowest BCUT2D eigenvalue weighted by Crippen LogP contribution is -2.71. The summed E-state index contributed by atoms with van der Waals surface area (Å²) in [6.45, 7) is 1.86. The van der Waals surface area contributed by atoms with Crippen molar-refractivity contribution in [1.82, 2.24) is 30.0 Å². The number of aromatic nitrogens is 4. The minimum Gasteiger partial charge on any atom is -0.477 e. The molecule has 4 rings (SSSR count). The number of nitrogen functional groups attached to an aromatic ring is 1. The first-order chi connectivity index (χ1) is 17.2. The summed E-state index contributed by atoms with van der Waals surface area (Å²) in [4.78, 5) is 66.0. The standard InChI is InChI=1S/C18H18N8O7S3/c1-2-25-14(30)12(28)22-23-18(25)36-4-6-3-34-15-9(13(29)26(15)10(6)16(31)32)21-11(27)8(24-33)7-5-35-17(19)20-7/h5,9,15,33H,2-4H2,1H3,(H2,19,20)(H,21,27)(H,22,28)(H,31,32)/t9-,15+/m1/s1. The minimum atomic E-state index is -1.33. The molecule has 0 saturated carbocycles. The molecule has 1 fully saturated rings. The van der Waals surface area contributed by atoms with Crippen LogP contribution in [-0.2, 0) is 20.9 Å². The van der Waals surface area contributed by atoms with Gasteiger partial charge in [-0.2, -0.15) is 0 Å². The van der Waals surface area contributed by atoms with E-state index < -0.39 is 46.0 Å². The molecule has 0 bridgehead atoms. The molecular weight excluding hydrogens is 536 g/mol. The second kappa shape index (κ2) is 10.2. The lowest BCUT2D eigenvalue weighted by Gasteiger charge is -2.49. The Morgan fingerprint density at radius 3 is 2.75 bits per heavy atom. The monoisotopic (exact) mass is 554 g/mol. The number of β-lactam (4-membered cyclic amide) rings is 1. The van der Waals surface area contributed by atoms with Crippen LogP contribution in [-0.4, -0.2) is 81.4 Å². The van der Waals surface area contributed by atoms with Crippen LogP contribution in [0, 0.1) is 0 Å². The van der Waals surface area contributed by atoms with E-state index in [4.69, 9.17) is 5.73 Å². The van der Waals surface area contributed by atoms with Crippen LogP contribution in [0.3, 0.4) is 0 Å². The molecule has 2 amide bonds. The van der Waals surface area contributed by atoms with Crippen LogP contribution < -0.4 is 22.2 Å². The maximum Gasteiger partial charge on any atom is 0.352 e. The molecule has 0 radical (unpaired) electrons. The fourth-order valence-corrected chi connectivity index (χ4v) is 6.61. The van der Waals surface area contributed by atoms with Crippen molar-refractivity contribution in [3.8, 4) is 0 Å². The maximum atomic E-state index is 12.9. The number of hydrogen-bond donors (Lipinski definition) is 5. The highest BCUT2D eigenvalue weighted by Gasteiger charge is 2.54. The lowest BCUT2D eigenvalue weighted by atomic mass is 10.0. The van der Waals surface area contributed by atoms with Gasteiger partial charge in [0.25, 0.3) is 11.8 Å². The molecule has 190 valence electrons. The molecule has 0 unspecified atom stereocenters. The van der Waals surface area contributed by atoms with Crippen LogP contribution in [0.1, 0.15) is 12.6 Å². The zero-order valence-corrected chi connectivity index (χ0v) is 20.8. The summed E-state index contributed by atoms with van der Waals surface area (Å²) in [5.41, 5.74) is 3.69. The summed E-state index contributed by atoms with van der Waals surface area (Å²) >= 11 is 3.32. The zero-order chi connectivity index (χ0) is 26.1. The van der Waals surface area contributed by atoms with Crippen molar-refractivity contribution in [2.24, 2.45) is 5.16 Å². The maximum absolute atomic E-state index is 12.9. The van der Waals surface area contributed by atoms with E-state index in [1.54, 1.807) is 6.92 Å². The summed E-state index contributed by atoms with van der Waals surface area (Å²) in [6.07, 6.45) is 0. The van der Waals surface area contributed by atoms with Crippen molar-refractivity contribution in [3.05, 3.63) is 43.1 Å². The van der Waals surface area contributed by atoms with E-state index in [2.05, 4.69) is 25.7 Å². The highest BCUT2D eigenvalue weighted by atomic mass is 32.2. The molecule has 15 nitrogen and oxygen atoms in total. The van der Waals surface area contributed by atoms with Crippen molar-refractivity contribution in [2.75, 3.05) is 17.2 Å². The number of anilines is 1. The zero-order valence-electron chi connectivity index (χ0n) is 18.3. The average Bonchev–Trinajstić information content (AvgIpc) is 3.28. The quantitative estimate of drug-likeness (QED) is 0.0641. The summed E-state index contributed by atoms with van der Waals surface area (Å²) in [6, 6.07) is -1.05. The van der Waals surface area contributed by atoms with Crippen LogP contribution in [0.25, 0.3) is 0 Å². The molecule has 2 aromatic rings. The Morgan fingerprint density at radius 1 is 1.39 bits per heavy atom. The molecule has 2 atom stereocenters. The van der Waals surface area contributed by atoms with Gasteiger partial charge in [0.05, 0.1) is 0 Å². The number of aliphatic carboxylic acids is 1. The smallest absolute Gasteiger partial charge is 0.352 e. The van der Waals surface area contributed by atoms with Gasteiger partial charge in [-0.1, -0.05) is 16.9 Å². The number of oxime groups is 1. The first kappa shape index (κ1) is 25.5. The normalized spacial score (nSPS) is 19.6. The fourth-order valence-electron chi connectivity index (χ4n) is 3.57. The molecule has 2 aliphatic heterocycles. The van der Waals surface area contributed by atoms with Crippen LogP contribution in [0.15, 0.2) is 36.6 Å². The van der Waals surface area contributed by atoms with E-state index >= 15 is 0 Å². The molecular formula is C18H18N8O7S3. The Kier molecular flexibility index (Phi) is 7.18. The summed E-state index contributed by atoms with van der Waals surface area (Å²) in [5, 5.41) is 31.5. The Labute approximate surface area is 213 Å². The number of nitrogens with two attached hydrogens (primary N) is 1. The third-order valence-electron chi connectivity index (χ3n) is 5.23. The van der Waals surface area contributed by atoms with Gasteiger partial charge in [-0.25, -0.2) is 14.9 Å². The number of rotatable bonds is 8. The number of aromatic amines is 1. The van der Waals surface area contributed by atoms with E-state index in [-0.39, 0.29) is 39.7 Å². The lowest BCUT2D eigenvalue weighted by molar-refractivity contribution is -0.150. The molecule has 1 saturated heterocycles. The first-order valence-electron chi connectivity index (χ1n) is 10.1. The second-order valence-corrected chi connectivity index (χ2v) is 10.2. The number of thiazole rings is 1. The number of carboxylic acids is 1. The van der Waals surface area contributed by atoms with Gasteiger partial charge in [-0.3, -0.25) is 28.6 Å². The highest BCUT2D eigenvalue weighted by molar-refractivity contribution is 8.01. The predicted octanol–water partition coefficient (Wildman–Crippen LogP) is -1.30. The molecule has 2 aromatic heterocycles. The number of carbonyl (C=O) groups is 3. The van der Waals surface area contributed by atoms with E-state index in [0.717, 1.165) is 28.0 Å². The van der Waals surface area contributed by atoms with Gasteiger partial charge in [0, 0.05) is 23.4 Å². The molecule has 4 heterocycles. The van der Waals surface area contributed by atoms with Crippen LogP contribution >= 0.6 is 34.9 Å². The average molecular weight is 555 g/mol. The van der Waals surface area contributed by atoms with Crippen molar-refractivity contribution in [2.45, 2.75) is 30.0 Å². The van der Waals surface area contributed by atoms with Crippen molar-refractivity contribution in [1.29, 1.82) is 0 Å². The molecule has 2 aliphatic rings. The number of amides is 2. The Balaban J connectivity index is 1.51. The third kappa shape index (κ3) is 4.49. The largest absolute Gasteiger partial charge is 0.477 e. The molecule has 6 N–H and O–H groups in total. The van der Waals surface area contributed by atoms with Crippen molar-refractivity contribution >= 4 is 63.5 Å². The van der Waals surface area contributed by atoms with E-state index in [1.165, 1.54) is 21.7 Å². The van der Waals surface area contributed by atoms with Gasteiger partial charge >= 0.3 is 17.1 Å².